The molecular formula is C27H22ClN3O8. The number of urea groups is 1. The number of carbonyl (C=O) groups is 3. The van der Waals surface area contributed by atoms with Gasteiger partial charge in [0.05, 0.1) is 29.4 Å². The molecule has 0 spiro atoms. The first-order chi connectivity index (χ1) is 18.7. The number of hydrogen-bond donors (Lipinski definition) is 1. The molecule has 1 aliphatic heterocycles. The molecular weight excluding hydrogens is 530 g/mol. The number of rotatable bonds is 9. The van der Waals surface area contributed by atoms with E-state index < -0.39 is 22.8 Å². The lowest BCUT2D eigenvalue weighted by atomic mass is 10.1. The van der Waals surface area contributed by atoms with E-state index in [4.69, 9.17) is 25.8 Å². The quantitative estimate of drug-likeness (QED) is 0.171. The molecule has 0 aliphatic carbocycles. The highest BCUT2D eigenvalue weighted by atomic mass is 35.5. The van der Waals surface area contributed by atoms with Crippen molar-refractivity contribution in [2.24, 2.45) is 0 Å². The van der Waals surface area contributed by atoms with Gasteiger partial charge in [-0.2, -0.15) is 0 Å². The fourth-order valence-electron chi connectivity index (χ4n) is 3.73. The van der Waals surface area contributed by atoms with Gasteiger partial charge in [0.1, 0.15) is 17.9 Å². The number of anilines is 1. The molecule has 4 amide bonds. The predicted octanol–water partition coefficient (Wildman–Crippen LogP) is 4.90. The van der Waals surface area contributed by atoms with Crippen molar-refractivity contribution in [2.75, 3.05) is 18.6 Å². The molecule has 0 bridgehead atoms. The van der Waals surface area contributed by atoms with Gasteiger partial charge in [-0.25, -0.2) is 9.69 Å². The minimum atomic E-state index is -0.879. The average Bonchev–Trinajstić information content (AvgIpc) is 2.91. The van der Waals surface area contributed by atoms with Crippen LogP contribution in [-0.2, 0) is 16.2 Å². The molecule has 1 heterocycles. The van der Waals surface area contributed by atoms with E-state index in [1.165, 1.54) is 43.5 Å². The fourth-order valence-corrected chi connectivity index (χ4v) is 4.01. The number of halogens is 1. The summed E-state index contributed by atoms with van der Waals surface area (Å²) in [6.07, 6.45) is 1.30. The van der Waals surface area contributed by atoms with Crippen LogP contribution in [0.25, 0.3) is 6.08 Å². The largest absolute Gasteiger partial charge is 0.497 e. The third-order valence-corrected chi connectivity index (χ3v) is 5.89. The second-order valence-corrected chi connectivity index (χ2v) is 8.54. The number of nitrogens with one attached hydrogen (secondary N) is 1. The van der Waals surface area contributed by atoms with Crippen molar-refractivity contribution in [3.05, 3.63) is 92.5 Å². The van der Waals surface area contributed by atoms with Crippen LogP contribution in [-0.4, -0.2) is 36.5 Å². The molecule has 1 saturated heterocycles. The number of methoxy groups -OCH3 is 1. The fraction of sp³-hybridized carbons (Fsp3) is 0.148. The summed E-state index contributed by atoms with van der Waals surface area (Å²) in [6.45, 7) is 2.08. The molecule has 0 atom stereocenters. The number of nitro benzene ring substituents is 1. The summed E-state index contributed by atoms with van der Waals surface area (Å²) in [5, 5.41) is 13.2. The van der Waals surface area contributed by atoms with Crippen LogP contribution in [0.2, 0.25) is 5.02 Å². The number of ether oxygens (including phenoxy) is 3. The Balaban J connectivity index is 1.62. The molecule has 0 unspecified atom stereocenters. The number of carbonyl (C=O) groups excluding carboxylic acids is 3. The first kappa shape index (κ1) is 27.1. The highest BCUT2D eigenvalue weighted by molar-refractivity contribution is 6.39. The Hall–Kier alpha value is -4.90. The van der Waals surface area contributed by atoms with E-state index in [0.717, 1.165) is 4.90 Å². The molecule has 0 saturated carbocycles. The number of benzene rings is 3. The minimum absolute atomic E-state index is 0.0438. The van der Waals surface area contributed by atoms with E-state index in [1.54, 1.807) is 37.3 Å². The highest BCUT2D eigenvalue weighted by Gasteiger charge is 2.37. The summed E-state index contributed by atoms with van der Waals surface area (Å²) in [4.78, 5) is 49.5. The van der Waals surface area contributed by atoms with Crippen LogP contribution in [0, 0.1) is 10.1 Å². The van der Waals surface area contributed by atoms with E-state index in [0.29, 0.717) is 16.9 Å². The molecule has 3 aromatic carbocycles. The van der Waals surface area contributed by atoms with Crippen LogP contribution in [0.15, 0.2) is 66.2 Å². The molecule has 1 fully saturated rings. The van der Waals surface area contributed by atoms with Crippen LogP contribution in [0.5, 0.6) is 17.2 Å². The van der Waals surface area contributed by atoms with Crippen LogP contribution in [0.3, 0.4) is 0 Å². The number of hydrogen-bond acceptors (Lipinski definition) is 8. The number of barbiturate groups is 1. The van der Waals surface area contributed by atoms with E-state index >= 15 is 0 Å². The number of amides is 4. The summed E-state index contributed by atoms with van der Waals surface area (Å²) < 4.78 is 16.6. The summed E-state index contributed by atoms with van der Waals surface area (Å²) in [5.74, 6) is -0.674. The van der Waals surface area contributed by atoms with Gasteiger partial charge in [-0.1, -0.05) is 11.6 Å². The van der Waals surface area contributed by atoms with E-state index in [-0.39, 0.29) is 46.7 Å². The van der Waals surface area contributed by atoms with E-state index in [1.807, 2.05) is 0 Å². The zero-order valence-electron chi connectivity index (χ0n) is 20.8. The Morgan fingerprint density at radius 2 is 1.72 bits per heavy atom. The summed E-state index contributed by atoms with van der Waals surface area (Å²) in [7, 11) is 1.49. The SMILES string of the molecule is CCOc1cc(/C=C2\C(=O)NC(=O)N(c3ccc(OC)cc3)C2=O)cc(Cl)c1OCc1ccc([N+](=O)[O-])cc1. The van der Waals surface area contributed by atoms with Gasteiger partial charge in [0.2, 0.25) is 0 Å². The Morgan fingerprint density at radius 3 is 2.33 bits per heavy atom. The zero-order chi connectivity index (χ0) is 28.1. The summed E-state index contributed by atoms with van der Waals surface area (Å²) >= 11 is 6.48. The van der Waals surface area contributed by atoms with Crippen molar-refractivity contribution < 1.29 is 33.5 Å². The Kier molecular flexibility index (Phi) is 8.11. The summed E-state index contributed by atoms with van der Waals surface area (Å²) in [5.41, 5.74) is 0.938. The van der Waals surface area contributed by atoms with Gasteiger partial charge in [-0.15, -0.1) is 0 Å². The first-order valence-corrected chi connectivity index (χ1v) is 12.0. The Bertz CT molecular complexity index is 1470. The third-order valence-electron chi connectivity index (χ3n) is 5.61. The molecule has 39 heavy (non-hydrogen) atoms. The van der Waals surface area contributed by atoms with Crippen LogP contribution in [0.4, 0.5) is 16.2 Å². The van der Waals surface area contributed by atoms with E-state index in [9.17, 15) is 24.5 Å². The number of nitro groups is 1. The number of nitrogens with zero attached hydrogens (tertiary/aromatic N) is 2. The molecule has 1 aliphatic rings. The predicted molar refractivity (Wildman–Crippen MR) is 142 cm³/mol. The van der Waals surface area contributed by atoms with Crippen molar-refractivity contribution in [3.63, 3.8) is 0 Å². The van der Waals surface area contributed by atoms with Crippen LogP contribution in [0.1, 0.15) is 18.1 Å². The molecule has 4 rings (SSSR count). The Labute approximate surface area is 227 Å². The first-order valence-electron chi connectivity index (χ1n) is 11.6. The second-order valence-electron chi connectivity index (χ2n) is 8.13. The Morgan fingerprint density at radius 1 is 1.03 bits per heavy atom. The van der Waals surface area contributed by atoms with Gasteiger partial charge in [0.15, 0.2) is 11.5 Å². The monoisotopic (exact) mass is 551 g/mol. The minimum Gasteiger partial charge on any atom is -0.497 e. The van der Waals surface area contributed by atoms with Gasteiger partial charge in [-0.3, -0.25) is 25.0 Å². The average molecular weight is 552 g/mol. The molecule has 0 aromatic heterocycles. The lowest BCUT2D eigenvalue weighted by molar-refractivity contribution is -0.384. The van der Waals surface area contributed by atoms with Gasteiger partial charge in [0, 0.05) is 12.1 Å². The molecule has 200 valence electrons. The zero-order valence-corrected chi connectivity index (χ0v) is 21.6. The lowest BCUT2D eigenvalue weighted by Crippen LogP contribution is -2.54. The van der Waals surface area contributed by atoms with Gasteiger partial charge < -0.3 is 14.2 Å². The van der Waals surface area contributed by atoms with Crippen LogP contribution >= 0.6 is 11.6 Å². The van der Waals surface area contributed by atoms with Crippen molar-refractivity contribution in [1.82, 2.24) is 5.32 Å². The van der Waals surface area contributed by atoms with Gasteiger partial charge in [0.25, 0.3) is 17.5 Å². The maximum atomic E-state index is 13.2. The molecule has 11 nitrogen and oxygen atoms in total. The number of non-ortho nitro benzene ring substituents is 1. The second kappa shape index (κ2) is 11.7. The third kappa shape index (κ3) is 5.99. The lowest BCUT2D eigenvalue weighted by Gasteiger charge is -2.26. The molecule has 3 aromatic rings. The maximum absolute atomic E-state index is 13.2. The molecule has 12 heteroatoms. The van der Waals surface area contributed by atoms with E-state index in [2.05, 4.69) is 5.32 Å². The van der Waals surface area contributed by atoms with Crippen LogP contribution < -0.4 is 24.4 Å². The molecule has 1 N–H and O–H groups in total. The standard InChI is InChI=1S/C27H22ClN3O8/c1-3-38-23-14-17(13-22(28)24(23)39-15-16-4-6-19(7-5-16)31(35)36)12-21-25(32)29-27(34)30(26(21)33)18-8-10-20(37-2)11-9-18/h4-14H,3,15H2,1-2H3,(H,29,32,34)/b21-12+. The smallest absolute Gasteiger partial charge is 0.335 e. The van der Waals surface area contributed by atoms with Gasteiger partial charge in [-0.05, 0) is 72.7 Å². The maximum Gasteiger partial charge on any atom is 0.335 e. The molecule has 0 radical (unpaired) electrons. The van der Waals surface area contributed by atoms with Crippen molar-refractivity contribution in [1.29, 1.82) is 0 Å². The van der Waals surface area contributed by atoms with Crippen molar-refractivity contribution >= 4 is 46.9 Å². The normalized spacial score (nSPS) is 14.3. The highest BCUT2D eigenvalue weighted by Crippen LogP contribution is 2.38. The topological polar surface area (TPSA) is 137 Å². The summed E-state index contributed by atoms with van der Waals surface area (Å²) in [6, 6.07) is 14.2. The van der Waals surface area contributed by atoms with Crippen molar-refractivity contribution in [2.45, 2.75) is 13.5 Å². The number of imide groups is 2. The van der Waals surface area contributed by atoms with Gasteiger partial charge >= 0.3 is 6.03 Å². The van der Waals surface area contributed by atoms with Crippen molar-refractivity contribution in [3.8, 4) is 17.2 Å².